The first-order valence-corrected chi connectivity index (χ1v) is 9.48. The zero-order chi connectivity index (χ0) is 18.7. The Labute approximate surface area is 161 Å². The van der Waals surface area contributed by atoms with E-state index in [-0.39, 0.29) is 12.5 Å². The van der Waals surface area contributed by atoms with Crippen LogP contribution >= 0.6 is 22.9 Å². The number of rotatable bonds is 7. The van der Waals surface area contributed by atoms with Gasteiger partial charge in [-0.3, -0.25) is 9.69 Å². The van der Waals surface area contributed by atoms with Crippen LogP contribution in [-0.2, 0) is 11.3 Å². The van der Waals surface area contributed by atoms with Gasteiger partial charge in [0.2, 0.25) is 0 Å². The van der Waals surface area contributed by atoms with E-state index >= 15 is 0 Å². The Hall–Kier alpha value is -2.03. The maximum atomic E-state index is 12.9. The van der Waals surface area contributed by atoms with E-state index in [0.717, 1.165) is 28.7 Å². The van der Waals surface area contributed by atoms with E-state index in [0.29, 0.717) is 16.7 Å². The third-order valence-electron chi connectivity index (χ3n) is 3.97. The number of aromatic nitrogens is 4. The van der Waals surface area contributed by atoms with Crippen molar-refractivity contribution in [3.8, 4) is 0 Å². The van der Waals surface area contributed by atoms with Crippen LogP contribution in [0.5, 0.6) is 0 Å². The molecule has 0 unspecified atom stereocenters. The van der Waals surface area contributed by atoms with Crippen molar-refractivity contribution < 1.29 is 4.79 Å². The largest absolute Gasteiger partial charge is 0.309 e. The van der Waals surface area contributed by atoms with E-state index in [1.807, 2.05) is 33.2 Å². The van der Waals surface area contributed by atoms with Crippen molar-refractivity contribution in [1.82, 2.24) is 24.6 Å². The van der Waals surface area contributed by atoms with Crippen molar-refractivity contribution in [2.24, 2.45) is 0 Å². The molecular weight excluding hydrogens is 372 g/mol. The summed E-state index contributed by atoms with van der Waals surface area (Å²) in [7, 11) is 4.03. The van der Waals surface area contributed by atoms with Crippen molar-refractivity contribution >= 4 is 44.2 Å². The molecule has 3 aromatic rings. The number of carbonyl (C=O) groups excluding carboxylic acids is 1. The van der Waals surface area contributed by atoms with Crippen LogP contribution in [0.15, 0.2) is 24.8 Å². The molecule has 1 aromatic carbocycles. The van der Waals surface area contributed by atoms with E-state index in [2.05, 4.69) is 15.0 Å². The van der Waals surface area contributed by atoms with Crippen LogP contribution in [0.25, 0.3) is 10.2 Å². The molecule has 0 saturated carbocycles. The number of thiazole rings is 1. The zero-order valence-electron chi connectivity index (χ0n) is 15.0. The maximum absolute atomic E-state index is 12.9. The molecule has 7 nitrogen and oxygen atoms in total. The standard InChI is InChI=1S/C17H21ClN6OS/c1-12-5-6-13(18)16-15(12)21-17(26-16)24(8-4-7-22(2)3)14(25)9-23-11-19-10-20-23/h5-6,10-11H,4,7-9H2,1-3H3. The summed E-state index contributed by atoms with van der Waals surface area (Å²) in [5, 5.41) is 5.35. The SMILES string of the molecule is Cc1ccc(Cl)c2sc(N(CCCN(C)C)C(=O)Cn3cncn3)nc12. The number of hydrogen-bond donors (Lipinski definition) is 0. The van der Waals surface area contributed by atoms with Crippen LogP contribution < -0.4 is 4.90 Å². The first-order valence-electron chi connectivity index (χ1n) is 8.29. The second-order valence-corrected chi connectivity index (χ2v) is 7.72. The lowest BCUT2D eigenvalue weighted by Crippen LogP contribution is -2.36. The number of fused-ring (bicyclic) bond motifs is 1. The Morgan fingerprint density at radius 3 is 2.77 bits per heavy atom. The van der Waals surface area contributed by atoms with Gasteiger partial charge in [-0.05, 0) is 45.6 Å². The summed E-state index contributed by atoms with van der Waals surface area (Å²) in [4.78, 5) is 25.3. The van der Waals surface area contributed by atoms with Crippen LogP contribution in [0.1, 0.15) is 12.0 Å². The Balaban J connectivity index is 1.90. The number of halogens is 1. The molecular formula is C17H21ClN6OS. The number of nitrogens with zero attached hydrogens (tertiary/aromatic N) is 6. The Bertz CT molecular complexity index is 853. The molecule has 0 aliphatic heterocycles. The molecule has 0 radical (unpaired) electrons. The predicted molar refractivity (Wildman–Crippen MR) is 105 cm³/mol. The number of amides is 1. The average molecular weight is 393 g/mol. The van der Waals surface area contributed by atoms with E-state index in [1.54, 1.807) is 4.90 Å². The molecule has 1 amide bonds. The van der Waals surface area contributed by atoms with Crippen molar-refractivity contribution in [3.05, 3.63) is 35.4 Å². The zero-order valence-corrected chi connectivity index (χ0v) is 16.6. The normalized spacial score (nSPS) is 11.4. The summed E-state index contributed by atoms with van der Waals surface area (Å²) in [5.41, 5.74) is 1.90. The molecule has 0 fully saturated rings. The fourth-order valence-corrected chi connectivity index (χ4v) is 3.98. The van der Waals surface area contributed by atoms with Crippen LogP contribution in [0.4, 0.5) is 5.13 Å². The number of carbonyl (C=O) groups is 1. The van der Waals surface area contributed by atoms with Gasteiger partial charge in [0.25, 0.3) is 5.91 Å². The lowest BCUT2D eigenvalue weighted by molar-refractivity contribution is -0.119. The highest BCUT2D eigenvalue weighted by Gasteiger charge is 2.21. The molecule has 0 bridgehead atoms. The second-order valence-electron chi connectivity index (χ2n) is 6.33. The topological polar surface area (TPSA) is 67.2 Å². The number of benzene rings is 1. The highest BCUT2D eigenvalue weighted by atomic mass is 35.5. The van der Waals surface area contributed by atoms with Gasteiger partial charge in [0.15, 0.2) is 5.13 Å². The van der Waals surface area contributed by atoms with E-state index in [9.17, 15) is 4.79 Å². The molecule has 3 rings (SSSR count). The third-order valence-corrected chi connectivity index (χ3v) is 5.51. The summed E-state index contributed by atoms with van der Waals surface area (Å²) in [6.07, 6.45) is 3.80. The first kappa shape index (κ1) is 18.8. The Morgan fingerprint density at radius 2 is 2.12 bits per heavy atom. The fraction of sp³-hybridized carbons (Fsp3) is 0.412. The molecule has 0 aliphatic carbocycles. The van der Waals surface area contributed by atoms with Crippen molar-refractivity contribution in [3.63, 3.8) is 0 Å². The van der Waals surface area contributed by atoms with Gasteiger partial charge >= 0.3 is 0 Å². The summed E-state index contributed by atoms with van der Waals surface area (Å²) >= 11 is 7.77. The molecule has 0 aliphatic rings. The van der Waals surface area contributed by atoms with Crippen LogP contribution in [0.2, 0.25) is 5.02 Å². The Kier molecular flexibility index (Phi) is 5.85. The summed E-state index contributed by atoms with van der Waals surface area (Å²) < 4.78 is 2.43. The minimum absolute atomic E-state index is 0.0675. The molecule has 0 N–H and O–H groups in total. The van der Waals surface area contributed by atoms with Crippen LogP contribution in [-0.4, -0.2) is 57.7 Å². The monoisotopic (exact) mass is 392 g/mol. The molecule has 2 heterocycles. The minimum atomic E-state index is -0.0675. The highest BCUT2D eigenvalue weighted by Crippen LogP contribution is 2.35. The van der Waals surface area contributed by atoms with Gasteiger partial charge in [0.05, 0.1) is 15.2 Å². The highest BCUT2D eigenvalue weighted by molar-refractivity contribution is 7.23. The van der Waals surface area contributed by atoms with Gasteiger partial charge < -0.3 is 4.90 Å². The average Bonchev–Trinajstić information content (AvgIpc) is 3.25. The Morgan fingerprint density at radius 1 is 1.31 bits per heavy atom. The molecule has 9 heteroatoms. The second kappa shape index (κ2) is 8.11. The van der Waals surface area contributed by atoms with Gasteiger partial charge in [0.1, 0.15) is 19.2 Å². The van der Waals surface area contributed by atoms with Gasteiger partial charge in [-0.15, -0.1) is 0 Å². The fourth-order valence-electron chi connectivity index (χ4n) is 2.62. The minimum Gasteiger partial charge on any atom is -0.309 e. The molecule has 0 atom stereocenters. The van der Waals surface area contributed by atoms with Gasteiger partial charge in [-0.25, -0.2) is 14.6 Å². The molecule has 2 aromatic heterocycles. The quantitative estimate of drug-likeness (QED) is 0.618. The number of anilines is 1. The lowest BCUT2D eigenvalue weighted by Gasteiger charge is -2.20. The van der Waals surface area contributed by atoms with Gasteiger partial charge in [-0.2, -0.15) is 5.10 Å². The number of aryl methyl sites for hydroxylation is 1. The lowest BCUT2D eigenvalue weighted by atomic mass is 10.2. The van der Waals surface area contributed by atoms with Crippen LogP contribution in [0.3, 0.4) is 0 Å². The predicted octanol–water partition coefficient (Wildman–Crippen LogP) is 2.83. The first-order chi connectivity index (χ1) is 12.5. The molecule has 0 saturated heterocycles. The van der Waals surface area contributed by atoms with E-state index < -0.39 is 0 Å². The molecule has 26 heavy (non-hydrogen) atoms. The van der Waals surface area contributed by atoms with Crippen molar-refractivity contribution in [1.29, 1.82) is 0 Å². The van der Waals surface area contributed by atoms with Gasteiger partial charge in [-0.1, -0.05) is 29.0 Å². The van der Waals surface area contributed by atoms with Crippen molar-refractivity contribution in [2.45, 2.75) is 19.9 Å². The summed E-state index contributed by atoms with van der Waals surface area (Å²) in [5.74, 6) is -0.0675. The summed E-state index contributed by atoms with van der Waals surface area (Å²) in [6.45, 7) is 3.60. The molecule has 138 valence electrons. The van der Waals surface area contributed by atoms with E-state index in [4.69, 9.17) is 16.6 Å². The van der Waals surface area contributed by atoms with Crippen LogP contribution in [0, 0.1) is 6.92 Å². The summed E-state index contributed by atoms with van der Waals surface area (Å²) in [6, 6.07) is 3.82. The smallest absolute Gasteiger partial charge is 0.250 e. The maximum Gasteiger partial charge on any atom is 0.250 e. The molecule has 0 spiro atoms. The van der Waals surface area contributed by atoms with Crippen molar-refractivity contribution in [2.75, 3.05) is 32.1 Å². The number of hydrogen-bond acceptors (Lipinski definition) is 6. The third kappa shape index (κ3) is 4.20. The van der Waals surface area contributed by atoms with Gasteiger partial charge in [0, 0.05) is 6.54 Å². The van der Waals surface area contributed by atoms with E-state index in [1.165, 1.54) is 28.7 Å².